The molecular weight excluding hydrogens is 206 g/mol. The summed E-state index contributed by atoms with van der Waals surface area (Å²) in [7, 11) is 0. The maximum absolute atomic E-state index is 11.2. The minimum absolute atomic E-state index is 0.126. The van der Waals surface area contributed by atoms with Crippen LogP contribution in [-0.2, 0) is 9.53 Å². The first kappa shape index (κ1) is 11.9. The van der Waals surface area contributed by atoms with Crippen molar-refractivity contribution < 1.29 is 14.6 Å². The normalized spacial score (nSPS) is 29.1. The molecule has 4 nitrogen and oxygen atoms in total. The molecule has 92 valence electrons. The molecule has 1 heterocycles. The van der Waals surface area contributed by atoms with Gasteiger partial charge < -0.3 is 9.84 Å². The summed E-state index contributed by atoms with van der Waals surface area (Å²) in [5, 5.41) is 12.5. The predicted molar refractivity (Wildman–Crippen MR) is 60.4 cm³/mol. The lowest BCUT2D eigenvalue weighted by Crippen LogP contribution is -2.50. The SMILES string of the molecule is O=C(O)C(NC1CCCCC1)C1CCCO1. The van der Waals surface area contributed by atoms with E-state index in [1.807, 2.05) is 0 Å². The van der Waals surface area contributed by atoms with Crippen LogP contribution in [0.2, 0.25) is 0 Å². The van der Waals surface area contributed by atoms with Gasteiger partial charge in [0.1, 0.15) is 6.04 Å². The Morgan fingerprint density at radius 1 is 1.19 bits per heavy atom. The highest BCUT2D eigenvalue weighted by Crippen LogP contribution is 2.21. The van der Waals surface area contributed by atoms with Crippen molar-refractivity contribution in [2.75, 3.05) is 6.61 Å². The van der Waals surface area contributed by atoms with Gasteiger partial charge >= 0.3 is 5.97 Å². The molecule has 4 heteroatoms. The first-order chi connectivity index (χ1) is 7.77. The van der Waals surface area contributed by atoms with E-state index in [1.165, 1.54) is 19.3 Å². The summed E-state index contributed by atoms with van der Waals surface area (Å²) in [6.07, 6.45) is 7.67. The van der Waals surface area contributed by atoms with E-state index in [2.05, 4.69) is 5.32 Å². The summed E-state index contributed by atoms with van der Waals surface area (Å²) < 4.78 is 5.47. The third kappa shape index (κ3) is 2.95. The fourth-order valence-electron chi connectivity index (χ4n) is 2.73. The largest absolute Gasteiger partial charge is 0.480 e. The molecule has 0 amide bonds. The molecule has 1 aliphatic carbocycles. The average Bonchev–Trinajstić information content (AvgIpc) is 2.80. The first-order valence-corrected chi connectivity index (χ1v) is 6.38. The summed E-state index contributed by atoms with van der Waals surface area (Å²) in [5.74, 6) is -0.766. The molecule has 1 aliphatic heterocycles. The van der Waals surface area contributed by atoms with Crippen LogP contribution in [0.15, 0.2) is 0 Å². The third-order valence-corrected chi connectivity index (χ3v) is 3.62. The number of carbonyl (C=O) groups is 1. The van der Waals surface area contributed by atoms with Crippen molar-refractivity contribution in [2.45, 2.75) is 63.1 Å². The number of aliphatic carboxylic acids is 1. The molecule has 1 saturated heterocycles. The predicted octanol–water partition coefficient (Wildman–Crippen LogP) is 1.54. The molecule has 0 bridgehead atoms. The quantitative estimate of drug-likeness (QED) is 0.765. The minimum Gasteiger partial charge on any atom is -0.480 e. The van der Waals surface area contributed by atoms with Gasteiger partial charge in [-0.05, 0) is 25.7 Å². The van der Waals surface area contributed by atoms with Crippen LogP contribution in [0.1, 0.15) is 44.9 Å². The highest BCUT2D eigenvalue weighted by Gasteiger charge is 2.33. The molecule has 2 atom stereocenters. The van der Waals surface area contributed by atoms with Gasteiger partial charge in [0.15, 0.2) is 0 Å². The van der Waals surface area contributed by atoms with E-state index in [1.54, 1.807) is 0 Å². The second kappa shape index (κ2) is 5.64. The van der Waals surface area contributed by atoms with Gasteiger partial charge in [0.05, 0.1) is 6.10 Å². The molecule has 0 aromatic rings. The lowest BCUT2D eigenvalue weighted by atomic mass is 9.94. The van der Waals surface area contributed by atoms with E-state index in [0.717, 1.165) is 25.7 Å². The number of ether oxygens (including phenoxy) is 1. The van der Waals surface area contributed by atoms with Crippen molar-refractivity contribution in [3.05, 3.63) is 0 Å². The van der Waals surface area contributed by atoms with Crippen LogP contribution in [0.3, 0.4) is 0 Å². The number of hydrogen-bond donors (Lipinski definition) is 2. The lowest BCUT2D eigenvalue weighted by molar-refractivity contribution is -0.143. The number of hydrogen-bond acceptors (Lipinski definition) is 3. The summed E-state index contributed by atoms with van der Waals surface area (Å²) in [5.41, 5.74) is 0. The van der Waals surface area contributed by atoms with Crippen LogP contribution in [0.4, 0.5) is 0 Å². The second-order valence-corrected chi connectivity index (χ2v) is 4.87. The van der Waals surface area contributed by atoms with Gasteiger partial charge in [-0.1, -0.05) is 19.3 Å². The van der Waals surface area contributed by atoms with Gasteiger partial charge in [0, 0.05) is 12.6 Å². The van der Waals surface area contributed by atoms with Gasteiger partial charge in [-0.3, -0.25) is 10.1 Å². The van der Waals surface area contributed by atoms with Crippen LogP contribution >= 0.6 is 0 Å². The summed E-state index contributed by atoms with van der Waals surface area (Å²) in [6.45, 7) is 0.709. The van der Waals surface area contributed by atoms with Crippen molar-refractivity contribution in [1.82, 2.24) is 5.32 Å². The number of carboxylic acid groups (broad SMARTS) is 1. The summed E-state index contributed by atoms with van der Waals surface area (Å²) >= 11 is 0. The molecule has 2 rings (SSSR count). The number of carboxylic acids is 1. The topological polar surface area (TPSA) is 58.6 Å². The van der Waals surface area contributed by atoms with Crippen LogP contribution < -0.4 is 5.32 Å². The Balaban J connectivity index is 1.88. The van der Waals surface area contributed by atoms with Gasteiger partial charge in [0.2, 0.25) is 0 Å². The Labute approximate surface area is 96.4 Å². The fraction of sp³-hybridized carbons (Fsp3) is 0.917. The average molecular weight is 227 g/mol. The molecule has 0 radical (unpaired) electrons. The lowest BCUT2D eigenvalue weighted by Gasteiger charge is -2.28. The molecule has 0 spiro atoms. The van der Waals surface area contributed by atoms with E-state index < -0.39 is 12.0 Å². The third-order valence-electron chi connectivity index (χ3n) is 3.62. The van der Waals surface area contributed by atoms with Crippen molar-refractivity contribution in [3.63, 3.8) is 0 Å². The van der Waals surface area contributed by atoms with E-state index in [4.69, 9.17) is 4.74 Å². The Hall–Kier alpha value is -0.610. The molecule has 2 N–H and O–H groups in total. The van der Waals surface area contributed by atoms with Crippen molar-refractivity contribution >= 4 is 5.97 Å². The minimum atomic E-state index is -0.766. The fourth-order valence-corrected chi connectivity index (χ4v) is 2.73. The summed E-state index contributed by atoms with van der Waals surface area (Å²) in [4.78, 5) is 11.2. The highest BCUT2D eigenvalue weighted by atomic mass is 16.5. The van der Waals surface area contributed by atoms with Gasteiger partial charge in [-0.25, -0.2) is 0 Å². The van der Waals surface area contributed by atoms with Gasteiger partial charge in [0.25, 0.3) is 0 Å². The Morgan fingerprint density at radius 3 is 2.50 bits per heavy atom. The summed E-state index contributed by atoms with van der Waals surface area (Å²) in [6, 6.07) is -0.135. The van der Waals surface area contributed by atoms with Gasteiger partial charge in [-0.2, -0.15) is 0 Å². The van der Waals surface area contributed by atoms with Gasteiger partial charge in [-0.15, -0.1) is 0 Å². The number of rotatable bonds is 4. The van der Waals surface area contributed by atoms with Crippen molar-refractivity contribution in [2.24, 2.45) is 0 Å². The zero-order chi connectivity index (χ0) is 11.4. The van der Waals surface area contributed by atoms with E-state index in [9.17, 15) is 9.90 Å². The molecule has 1 saturated carbocycles. The molecule has 16 heavy (non-hydrogen) atoms. The standard InChI is InChI=1S/C12H21NO3/c14-12(15)11(10-7-4-8-16-10)13-9-5-2-1-3-6-9/h9-11,13H,1-8H2,(H,14,15). The maximum atomic E-state index is 11.2. The molecule has 0 aromatic carbocycles. The van der Waals surface area contributed by atoms with Crippen LogP contribution in [0.5, 0.6) is 0 Å². The van der Waals surface area contributed by atoms with Crippen molar-refractivity contribution in [1.29, 1.82) is 0 Å². The second-order valence-electron chi connectivity index (χ2n) is 4.87. The molecule has 2 fully saturated rings. The Bertz CT molecular complexity index is 232. The monoisotopic (exact) mass is 227 g/mol. The number of nitrogens with one attached hydrogen (secondary N) is 1. The molecule has 2 aliphatic rings. The highest BCUT2D eigenvalue weighted by molar-refractivity contribution is 5.74. The molecule has 0 aromatic heterocycles. The van der Waals surface area contributed by atoms with Crippen molar-refractivity contribution in [3.8, 4) is 0 Å². The smallest absolute Gasteiger partial charge is 0.323 e. The Morgan fingerprint density at radius 2 is 1.94 bits per heavy atom. The zero-order valence-corrected chi connectivity index (χ0v) is 9.65. The van der Waals surface area contributed by atoms with Crippen LogP contribution in [0, 0.1) is 0 Å². The molecular formula is C12H21NO3. The van der Waals surface area contributed by atoms with E-state index >= 15 is 0 Å². The zero-order valence-electron chi connectivity index (χ0n) is 9.65. The van der Waals surface area contributed by atoms with E-state index in [0.29, 0.717) is 12.6 Å². The van der Waals surface area contributed by atoms with Crippen LogP contribution in [-0.4, -0.2) is 35.9 Å². The molecule has 2 unspecified atom stereocenters. The van der Waals surface area contributed by atoms with Crippen LogP contribution in [0.25, 0.3) is 0 Å². The first-order valence-electron chi connectivity index (χ1n) is 6.38. The Kier molecular flexibility index (Phi) is 4.18. The maximum Gasteiger partial charge on any atom is 0.323 e. The van der Waals surface area contributed by atoms with E-state index in [-0.39, 0.29) is 6.10 Å².